The van der Waals surface area contributed by atoms with Gasteiger partial charge in [0.05, 0.1) is 21.2 Å². The Morgan fingerprint density at radius 3 is 2.40 bits per heavy atom. The van der Waals surface area contributed by atoms with Gasteiger partial charge in [-0.1, -0.05) is 50.9 Å². The number of amides is 1. The van der Waals surface area contributed by atoms with Crippen LogP contribution in [0.3, 0.4) is 0 Å². The van der Waals surface area contributed by atoms with Gasteiger partial charge in [0.15, 0.2) is 5.82 Å². The van der Waals surface area contributed by atoms with Gasteiger partial charge in [0.1, 0.15) is 18.5 Å². The number of carbonyl (C=O) groups is 2. The third-order valence-corrected chi connectivity index (χ3v) is 9.95. The Morgan fingerprint density at radius 2 is 1.81 bits per heavy atom. The number of hydrogen-bond donors (Lipinski definition) is 2. The van der Waals surface area contributed by atoms with Gasteiger partial charge in [0.2, 0.25) is 0 Å². The van der Waals surface area contributed by atoms with Gasteiger partial charge in [-0.25, -0.2) is 22.4 Å². The fourth-order valence-corrected chi connectivity index (χ4v) is 7.04. The molecular formula is C30H38ClN5O5S. The number of nitrogen functional groups attached to an aromatic ring is 1. The smallest absolute Gasteiger partial charge is 0.327 e. The molecule has 4 rings (SSSR count). The van der Waals surface area contributed by atoms with Crippen molar-refractivity contribution in [3.8, 4) is 0 Å². The van der Waals surface area contributed by atoms with E-state index >= 15 is 0 Å². The van der Waals surface area contributed by atoms with Crippen LogP contribution in [-0.4, -0.2) is 42.6 Å². The summed E-state index contributed by atoms with van der Waals surface area (Å²) in [5.74, 6) is 6.34. The van der Waals surface area contributed by atoms with Crippen molar-refractivity contribution in [1.29, 1.82) is 0 Å². The number of sulfonamides is 1. The molecule has 1 fully saturated rings. The second-order valence-electron chi connectivity index (χ2n) is 11.3. The fraction of sp³-hybridized carbons (Fsp3) is 0.433. The van der Waals surface area contributed by atoms with E-state index in [1.54, 1.807) is 38.1 Å². The molecule has 1 aromatic heterocycles. The minimum Gasteiger partial charge on any atom is -0.461 e. The summed E-state index contributed by atoms with van der Waals surface area (Å²) in [4.78, 5) is 30.3. The Labute approximate surface area is 252 Å². The maximum absolute atomic E-state index is 14.0. The van der Waals surface area contributed by atoms with Crippen LogP contribution in [0.25, 0.3) is 0 Å². The van der Waals surface area contributed by atoms with Gasteiger partial charge in [-0.3, -0.25) is 9.59 Å². The van der Waals surface area contributed by atoms with Crippen LogP contribution in [0.2, 0.25) is 5.02 Å². The van der Waals surface area contributed by atoms with Crippen LogP contribution in [0.1, 0.15) is 61.9 Å². The van der Waals surface area contributed by atoms with Crippen LogP contribution >= 0.6 is 11.6 Å². The van der Waals surface area contributed by atoms with Gasteiger partial charge in [-0.15, -0.1) is 0 Å². The van der Waals surface area contributed by atoms with Crippen molar-refractivity contribution in [1.82, 2.24) is 9.66 Å². The predicted octanol–water partition coefficient (Wildman–Crippen LogP) is 5.32. The molecule has 42 heavy (non-hydrogen) atoms. The number of nitrogens with one attached hydrogen (secondary N) is 1. The monoisotopic (exact) mass is 615 g/mol. The topological polar surface area (TPSA) is 137 Å². The van der Waals surface area contributed by atoms with Crippen molar-refractivity contribution in [2.75, 3.05) is 22.0 Å². The minimum absolute atomic E-state index is 0.0421. The number of anilines is 2. The maximum atomic E-state index is 14.0. The molecule has 0 unspecified atom stereocenters. The van der Waals surface area contributed by atoms with Crippen LogP contribution in [0.15, 0.2) is 53.4 Å². The van der Waals surface area contributed by atoms with Crippen molar-refractivity contribution in [3.05, 3.63) is 70.6 Å². The van der Waals surface area contributed by atoms with E-state index in [-0.39, 0.29) is 28.3 Å². The number of ether oxygens (including phenoxy) is 1. The summed E-state index contributed by atoms with van der Waals surface area (Å²) in [6, 6.07) is 12.3. The first-order valence-electron chi connectivity index (χ1n) is 14.0. The largest absolute Gasteiger partial charge is 0.461 e. The lowest BCUT2D eigenvalue weighted by molar-refractivity contribution is -0.153. The zero-order valence-electron chi connectivity index (χ0n) is 24.5. The third-order valence-electron chi connectivity index (χ3n) is 7.87. The fourth-order valence-electron chi connectivity index (χ4n) is 5.40. The molecule has 10 nitrogen and oxygen atoms in total. The van der Waals surface area contributed by atoms with E-state index in [0.29, 0.717) is 34.1 Å². The Kier molecular flexibility index (Phi) is 9.52. The van der Waals surface area contributed by atoms with E-state index in [9.17, 15) is 18.0 Å². The van der Waals surface area contributed by atoms with Gasteiger partial charge in [0, 0.05) is 5.69 Å². The van der Waals surface area contributed by atoms with E-state index in [0.717, 1.165) is 23.6 Å². The highest BCUT2D eigenvalue weighted by molar-refractivity contribution is 7.92. The zero-order valence-corrected chi connectivity index (χ0v) is 26.1. The summed E-state index contributed by atoms with van der Waals surface area (Å²) >= 11 is 6.12. The average molecular weight is 616 g/mol. The van der Waals surface area contributed by atoms with Gasteiger partial charge in [0.25, 0.3) is 15.9 Å². The van der Waals surface area contributed by atoms with Gasteiger partial charge in [-0.05, 0) is 80.8 Å². The third kappa shape index (κ3) is 6.73. The summed E-state index contributed by atoms with van der Waals surface area (Å²) in [5, 5.41) is 3.01. The number of halogens is 1. The number of esters is 1. The Balaban J connectivity index is 1.60. The number of imidazole rings is 1. The second kappa shape index (κ2) is 12.7. The minimum atomic E-state index is -4.29. The standard InChI is InChI=1S/C30H38ClN5O5S/c1-18(2)24-15-10-19(3)16-27(24)41-28(37)17-35(29-20(4)36(32)21(5)33-29)42(39,40)23-13-11-22(12-14-23)34-30(38)25-8-6-7-9-26(25)31/h6-9,11-14,18-19,24,27H,10,15-17,32H2,1-5H3,(H,34,38)/t19-,24+,27-/m1/s1. The lowest BCUT2D eigenvalue weighted by atomic mass is 9.75. The Bertz CT molecular complexity index is 1550. The number of nitrogens with two attached hydrogens (primary N) is 1. The molecule has 1 aliphatic carbocycles. The molecule has 0 saturated heterocycles. The number of aromatic nitrogens is 2. The molecule has 0 aliphatic heterocycles. The Hall–Kier alpha value is -3.57. The van der Waals surface area contributed by atoms with Crippen molar-refractivity contribution < 1.29 is 22.7 Å². The first-order chi connectivity index (χ1) is 19.8. The molecule has 0 bridgehead atoms. The predicted molar refractivity (Wildman–Crippen MR) is 163 cm³/mol. The number of carbonyl (C=O) groups excluding carboxylic acids is 2. The summed E-state index contributed by atoms with van der Waals surface area (Å²) < 4.78 is 36.1. The number of rotatable bonds is 9. The summed E-state index contributed by atoms with van der Waals surface area (Å²) in [7, 11) is -4.29. The molecule has 3 aromatic rings. The summed E-state index contributed by atoms with van der Waals surface area (Å²) in [6.07, 6.45) is 2.46. The van der Waals surface area contributed by atoms with Crippen LogP contribution in [-0.2, 0) is 19.6 Å². The first kappa shape index (κ1) is 31.4. The average Bonchev–Trinajstić information content (AvgIpc) is 3.18. The van der Waals surface area contributed by atoms with E-state index in [1.807, 2.05) is 0 Å². The number of nitrogens with zero attached hydrogens (tertiary/aromatic N) is 3. The van der Waals surface area contributed by atoms with Crippen LogP contribution < -0.4 is 15.5 Å². The van der Waals surface area contributed by atoms with Gasteiger partial charge in [-0.2, -0.15) is 0 Å². The van der Waals surface area contributed by atoms with E-state index < -0.39 is 28.4 Å². The molecule has 0 spiro atoms. The lowest BCUT2D eigenvalue weighted by Crippen LogP contribution is -2.41. The highest BCUT2D eigenvalue weighted by Gasteiger charge is 2.36. The molecule has 3 atom stereocenters. The zero-order chi connectivity index (χ0) is 30.8. The molecular weight excluding hydrogens is 578 g/mol. The molecule has 0 radical (unpaired) electrons. The number of hydrogen-bond acceptors (Lipinski definition) is 7. The Morgan fingerprint density at radius 1 is 1.14 bits per heavy atom. The molecule has 1 heterocycles. The second-order valence-corrected chi connectivity index (χ2v) is 13.5. The highest BCUT2D eigenvalue weighted by Crippen LogP contribution is 2.36. The number of benzene rings is 2. The SMILES string of the molecule is Cc1nc(N(CC(=O)O[C@@H]2C[C@H](C)CC[C@H]2C(C)C)S(=O)(=O)c2ccc(NC(=O)c3ccccc3Cl)cc2)c(C)n1N. The molecule has 1 saturated carbocycles. The maximum Gasteiger partial charge on any atom is 0.327 e. The number of aryl methyl sites for hydroxylation is 1. The molecule has 2 aromatic carbocycles. The van der Waals surface area contributed by atoms with Gasteiger partial charge < -0.3 is 15.9 Å². The van der Waals surface area contributed by atoms with Gasteiger partial charge >= 0.3 is 5.97 Å². The van der Waals surface area contributed by atoms with Crippen LogP contribution in [0.5, 0.6) is 0 Å². The van der Waals surface area contributed by atoms with Crippen LogP contribution in [0.4, 0.5) is 11.5 Å². The van der Waals surface area contributed by atoms with Crippen molar-refractivity contribution in [3.63, 3.8) is 0 Å². The first-order valence-corrected chi connectivity index (χ1v) is 15.8. The lowest BCUT2D eigenvalue weighted by Gasteiger charge is -2.37. The summed E-state index contributed by atoms with van der Waals surface area (Å²) in [5.41, 5.74) is 1.03. The van der Waals surface area contributed by atoms with Crippen molar-refractivity contribution in [2.24, 2.45) is 17.8 Å². The van der Waals surface area contributed by atoms with E-state index in [4.69, 9.17) is 22.2 Å². The normalized spacial score (nSPS) is 19.0. The highest BCUT2D eigenvalue weighted by atomic mass is 35.5. The molecule has 3 N–H and O–H groups in total. The quantitative estimate of drug-likeness (QED) is 0.246. The molecule has 1 aliphatic rings. The molecule has 12 heteroatoms. The molecule has 226 valence electrons. The van der Waals surface area contributed by atoms with Crippen molar-refractivity contribution in [2.45, 2.75) is 64.9 Å². The van der Waals surface area contributed by atoms with E-state index in [1.165, 1.54) is 28.9 Å². The summed E-state index contributed by atoms with van der Waals surface area (Å²) in [6.45, 7) is 9.06. The molecule has 1 amide bonds. The van der Waals surface area contributed by atoms with E-state index in [2.05, 4.69) is 31.1 Å². The van der Waals surface area contributed by atoms with Crippen molar-refractivity contribution >= 4 is 45.0 Å². The van der Waals surface area contributed by atoms with Crippen LogP contribution in [0, 0.1) is 31.6 Å².